The van der Waals surface area contributed by atoms with E-state index in [1.165, 1.54) is 11.3 Å². The summed E-state index contributed by atoms with van der Waals surface area (Å²) in [6.07, 6.45) is 0. The van der Waals surface area contributed by atoms with Crippen molar-refractivity contribution in [2.24, 2.45) is 0 Å². The summed E-state index contributed by atoms with van der Waals surface area (Å²) < 4.78 is 0. The number of amides is 1. The van der Waals surface area contributed by atoms with Gasteiger partial charge in [0.1, 0.15) is 5.00 Å². The highest BCUT2D eigenvalue weighted by molar-refractivity contribution is 7.16. The van der Waals surface area contributed by atoms with Crippen LogP contribution in [0.1, 0.15) is 31.2 Å². The average Bonchev–Trinajstić information content (AvgIpc) is 2.71. The van der Waals surface area contributed by atoms with Gasteiger partial charge in [0.15, 0.2) is 0 Å². The van der Waals surface area contributed by atoms with Crippen LogP contribution in [-0.4, -0.2) is 17.0 Å². The summed E-state index contributed by atoms with van der Waals surface area (Å²) in [6.45, 7) is 3.74. The molecule has 19 heavy (non-hydrogen) atoms. The van der Waals surface area contributed by atoms with Crippen LogP contribution in [0.3, 0.4) is 0 Å². The molecule has 1 amide bonds. The van der Waals surface area contributed by atoms with Gasteiger partial charge in [0, 0.05) is 10.4 Å². The highest BCUT2D eigenvalue weighted by Crippen LogP contribution is 2.28. The number of benzene rings is 1. The number of hydrogen-bond donors (Lipinski definition) is 2. The highest BCUT2D eigenvalue weighted by Gasteiger charge is 2.16. The minimum Gasteiger partial charge on any atom is -0.478 e. The first kappa shape index (κ1) is 13.3. The van der Waals surface area contributed by atoms with E-state index in [2.05, 4.69) is 5.32 Å². The second kappa shape index (κ2) is 5.24. The van der Waals surface area contributed by atoms with E-state index in [1.807, 2.05) is 19.1 Å². The number of nitrogens with one attached hydrogen (secondary N) is 1. The molecule has 0 fully saturated rings. The quantitative estimate of drug-likeness (QED) is 0.903. The molecule has 0 radical (unpaired) electrons. The molecule has 0 spiro atoms. The number of hydrogen-bond acceptors (Lipinski definition) is 3. The van der Waals surface area contributed by atoms with Crippen molar-refractivity contribution in [1.82, 2.24) is 0 Å². The zero-order chi connectivity index (χ0) is 14.0. The van der Waals surface area contributed by atoms with E-state index in [0.717, 1.165) is 10.4 Å². The lowest BCUT2D eigenvalue weighted by Gasteiger charge is -2.04. The first-order chi connectivity index (χ1) is 8.97. The van der Waals surface area contributed by atoms with Crippen LogP contribution in [0.5, 0.6) is 0 Å². The van der Waals surface area contributed by atoms with Gasteiger partial charge in [0.25, 0.3) is 5.91 Å². The van der Waals surface area contributed by atoms with E-state index >= 15 is 0 Å². The molecular weight excluding hydrogens is 262 g/mol. The smallest absolute Gasteiger partial charge is 0.338 e. The normalized spacial score (nSPS) is 10.2. The molecule has 0 aliphatic carbocycles. The highest BCUT2D eigenvalue weighted by atomic mass is 32.1. The van der Waals surface area contributed by atoms with Crippen LogP contribution >= 0.6 is 11.3 Å². The Balaban J connectivity index is 2.24. The third kappa shape index (κ3) is 3.00. The van der Waals surface area contributed by atoms with Crippen LogP contribution in [0.15, 0.2) is 30.3 Å². The summed E-state index contributed by atoms with van der Waals surface area (Å²) >= 11 is 1.26. The Hall–Kier alpha value is -2.14. The van der Waals surface area contributed by atoms with E-state index in [-0.39, 0.29) is 11.5 Å². The van der Waals surface area contributed by atoms with Gasteiger partial charge in [-0.15, -0.1) is 11.3 Å². The van der Waals surface area contributed by atoms with Crippen LogP contribution < -0.4 is 5.32 Å². The lowest BCUT2D eigenvalue weighted by Crippen LogP contribution is -2.13. The largest absolute Gasteiger partial charge is 0.478 e. The SMILES string of the molecule is Cc1ccc(C(=O)Nc2sc(C)cc2C(=O)O)cc1. The summed E-state index contributed by atoms with van der Waals surface area (Å²) in [7, 11) is 0. The van der Waals surface area contributed by atoms with Crippen molar-refractivity contribution in [1.29, 1.82) is 0 Å². The lowest BCUT2D eigenvalue weighted by atomic mass is 10.1. The number of carboxylic acid groups (broad SMARTS) is 1. The van der Waals surface area contributed by atoms with Gasteiger partial charge in [0.05, 0.1) is 5.56 Å². The van der Waals surface area contributed by atoms with Gasteiger partial charge in [-0.2, -0.15) is 0 Å². The Labute approximate surface area is 114 Å². The summed E-state index contributed by atoms with van der Waals surface area (Å²) in [5.74, 6) is -1.34. The maximum atomic E-state index is 12.0. The fourth-order valence-corrected chi connectivity index (χ4v) is 2.54. The number of aromatic carboxylic acids is 1. The van der Waals surface area contributed by atoms with E-state index in [1.54, 1.807) is 25.1 Å². The number of aryl methyl sites for hydroxylation is 2. The Bertz CT molecular complexity index is 629. The van der Waals surface area contributed by atoms with Crippen LogP contribution in [0.4, 0.5) is 5.00 Å². The molecule has 0 unspecified atom stereocenters. The second-order valence-corrected chi connectivity index (χ2v) is 5.48. The van der Waals surface area contributed by atoms with Gasteiger partial charge in [-0.05, 0) is 32.0 Å². The van der Waals surface area contributed by atoms with E-state index in [9.17, 15) is 9.59 Å². The first-order valence-electron chi connectivity index (χ1n) is 5.69. The zero-order valence-electron chi connectivity index (χ0n) is 10.6. The number of carbonyl (C=O) groups excluding carboxylic acids is 1. The molecule has 2 aromatic rings. The Morgan fingerprint density at radius 2 is 1.79 bits per heavy atom. The topological polar surface area (TPSA) is 66.4 Å². The van der Waals surface area contributed by atoms with Crippen LogP contribution in [-0.2, 0) is 0 Å². The Kier molecular flexibility index (Phi) is 3.66. The zero-order valence-corrected chi connectivity index (χ0v) is 11.4. The molecular formula is C14H13NO3S. The number of rotatable bonds is 3. The van der Waals surface area contributed by atoms with Crippen molar-refractivity contribution in [3.63, 3.8) is 0 Å². The molecule has 0 atom stereocenters. The molecule has 1 heterocycles. The fourth-order valence-electron chi connectivity index (χ4n) is 1.65. The Morgan fingerprint density at radius 1 is 1.16 bits per heavy atom. The minimum absolute atomic E-state index is 0.128. The predicted molar refractivity (Wildman–Crippen MR) is 75.1 cm³/mol. The molecule has 1 aromatic heterocycles. The molecule has 5 heteroatoms. The number of thiophene rings is 1. The third-order valence-corrected chi connectivity index (χ3v) is 3.59. The summed E-state index contributed by atoms with van der Waals surface area (Å²) in [6, 6.07) is 8.66. The van der Waals surface area contributed by atoms with Crippen LogP contribution in [0.25, 0.3) is 0 Å². The molecule has 0 saturated carbocycles. The number of anilines is 1. The van der Waals surface area contributed by atoms with Gasteiger partial charge in [0.2, 0.25) is 0 Å². The molecule has 0 saturated heterocycles. The molecule has 0 aliphatic rings. The molecule has 1 aromatic carbocycles. The van der Waals surface area contributed by atoms with Crippen LogP contribution in [0, 0.1) is 13.8 Å². The molecule has 0 aliphatic heterocycles. The second-order valence-electron chi connectivity index (χ2n) is 4.23. The third-order valence-electron chi connectivity index (χ3n) is 2.63. The number of carbonyl (C=O) groups is 2. The van der Waals surface area contributed by atoms with Gasteiger partial charge < -0.3 is 10.4 Å². The molecule has 0 bridgehead atoms. The van der Waals surface area contributed by atoms with Gasteiger partial charge in [-0.25, -0.2) is 4.79 Å². The molecule has 2 N–H and O–H groups in total. The number of carboxylic acids is 1. The van der Waals surface area contributed by atoms with Gasteiger partial charge >= 0.3 is 5.97 Å². The minimum atomic E-state index is -1.04. The van der Waals surface area contributed by atoms with Crippen molar-refractivity contribution < 1.29 is 14.7 Å². The van der Waals surface area contributed by atoms with Gasteiger partial charge in [-0.3, -0.25) is 4.79 Å². The molecule has 2 rings (SSSR count). The predicted octanol–water partition coefficient (Wildman–Crippen LogP) is 3.32. The maximum absolute atomic E-state index is 12.0. The average molecular weight is 275 g/mol. The summed E-state index contributed by atoms with van der Waals surface area (Å²) in [5, 5.41) is 12.1. The first-order valence-corrected chi connectivity index (χ1v) is 6.51. The summed E-state index contributed by atoms with van der Waals surface area (Å²) in [4.78, 5) is 23.9. The fraction of sp³-hybridized carbons (Fsp3) is 0.143. The van der Waals surface area contributed by atoms with Crippen molar-refractivity contribution in [2.45, 2.75) is 13.8 Å². The monoisotopic (exact) mass is 275 g/mol. The van der Waals surface area contributed by atoms with E-state index in [4.69, 9.17) is 5.11 Å². The van der Waals surface area contributed by atoms with E-state index in [0.29, 0.717) is 10.6 Å². The van der Waals surface area contributed by atoms with Gasteiger partial charge in [-0.1, -0.05) is 17.7 Å². The standard InChI is InChI=1S/C14H13NO3S/c1-8-3-5-10(6-4-8)12(16)15-13-11(14(17)18)7-9(2)19-13/h3-7H,1-2H3,(H,15,16)(H,17,18). The van der Waals surface area contributed by atoms with E-state index < -0.39 is 5.97 Å². The molecule has 98 valence electrons. The van der Waals surface area contributed by atoms with Crippen LogP contribution in [0.2, 0.25) is 0 Å². The maximum Gasteiger partial charge on any atom is 0.338 e. The van der Waals surface area contributed by atoms with Crippen molar-refractivity contribution >= 4 is 28.2 Å². The van der Waals surface area contributed by atoms with Crippen molar-refractivity contribution in [2.75, 3.05) is 5.32 Å². The molecule has 4 nitrogen and oxygen atoms in total. The summed E-state index contributed by atoms with van der Waals surface area (Å²) in [5.41, 5.74) is 1.70. The van der Waals surface area contributed by atoms with Crippen molar-refractivity contribution in [3.8, 4) is 0 Å². The Morgan fingerprint density at radius 3 is 2.37 bits per heavy atom. The van der Waals surface area contributed by atoms with Crippen molar-refractivity contribution in [3.05, 3.63) is 51.9 Å². The lowest BCUT2D eigenvalue weighted by molar-refractivity contribution is 0.0698.